The summed E-state index contributed by atoms with van der Waals surface area (Å²) < 4.78 is 1.83. The molecule has 5 heteroatoms. The smallest absolute Gasteiger partial charge is 0.0850 e. The first-order valence-corrected chi connectivity index (χ1v) is 7.53. The van der Waals surface area contributed by atoms with E-state index in [1.165, 1.54) is 0 Å². The quantitative estimate of drug-likeness (QED) is 0.889. The Morgan fingerprint density at radius 1 is 1.53 bits per heavy atom. The highest BCUT2D eigenvalue weighted by Crippen LogP contribution is 2.33. The lowest BCUT2D eigenvalue weighted by molar-refractivity contribution is -0.0427. The van der Waals surface area contributed by atoms with Crippen LogP contribution in [0.1, 0.15) is 38.1 Å². The van der Waals surface area contributed by atoms with Gasteiger partial charge in [0.1, 0.15) is 0 Å². The molecule has 0 aromatic carbocycles. The van der Waals surface area contributed by atoms with Crippen LogP contribution in [0.25, 0.3) is 0 Å². The molecule has 4 nitrogen and oxygen atoms in total. The van der Waals surface area contributed by atoms with Crippen molar-refractivity contribution in [2.45, 2.75) is 45.1 Å². The van der Waals surface area contributed by atoms with E-state index in [-0.39, 0.29) is 5.92 Å². The Bertz CT molecular complexity index is 446. The summed E-state index contributed by atoms with van der Waals surface area (Å²) >= 11 is 6.39. The van der Waals surface area contributed by atoms with Crippen molar-refractivity contribution in [3.05, 3.63) is 16.4 Å². The summed E-state index contributed by atoms with van der Waals surface area (Å²) in [6.45, 7) is 5.92. The van der Waals surface area contributed by atoms with Crippen molar-refractivity contribution in [1.82, 2.24) is 15.1 Å². The molecule has 108 valence electrons. The molecule has 1 aliphatic rings. The van der Waals surface area contributed by atoms with Gasteiger partial charge in [-0.05, 0) is 25.8 Å². The summed E-state index contributed by atoms with van der Waals surface area (Å²) in [6, 6.07) is 0. The SMILES string of the molecule is CCc1nn(C)c(CC2(O)CCNCC2CC)c1Cl. The summed E-state index contributed by atoms with van der Waals surface area (Å²) in [4.78, 5) is 0. The first-order chi connectivity index (χ1) is 9.01. The molecule has 2 unspecified atom stereocenters. The molecule has 0 saturated carbocycles. The van der Waals surface area contributed by atoms with Crippen molar-refractivity contribution < 1.29 is 5.11 Å². The van der Waals surface area contributed by atoms with Crippen molar-refractivity contribution in [2.75, 3.05) is 13.1 Å². The standard InChI is InChI=1S/C14H24ClN3O/c1-4-10-9-16-7-6-14(10,19)8-12-13(15)11(5-2)17-18(12)3/h10,16,19H,4-9H2,1-3H3. The number of nitrogens with one attached hydrogen (secondary N) is 1. The van der Waals surface area contributed by atoms with Gasteiger partial charge in [0.25, 0.3) is 0 Å². The number of aryl methyl sites for hydroxylation is 2. The van der Waals surface area contributed by atoms with E-state index in [2.05, 4.69) is 17.3 Å². The fourth-order valence-electron chi connectivity index (χ4n) is 3.03. The highest BCUT2D eigenvalue weighted by Gasteiger charge is 2.39. The van der Waals surface area contributed by atoms with Gasteiger partial charge in [0.05, 0.1) is 22.0 Å². The molecule has 2 N–H and O–H groups in total. The van der Waals surface area contributed by atoms with E-state index >= 15 is 0 Å². The van der Waals surface area contributed by atoms with Gasteiger partial charge in [0.2, 0.25) is 0 Å². The minimum absolute atomic E-state index is 0.275. The van der Waals surface area contributed by atoms with Crippen LogP contribution < -0.4 is 5.32 Å². The first-order valence-electron chi connectivity index (χ1n) is 7.15. The third-order valence-electron chi connectivity index (χ3n) is 4.35. The summed E-state index contributed by atoms with van der Waals surface area (Å²) in [5.74, 6) is 0.275. The molecule has 0 spiro atoms. The van der Waals surface area contributed by atoms with Gasteiger partial charge < -0.3 is 10.4 Å². The van der Waals surface area contributed by atoms with Crippen LogP contribution in [0.3, 0.4) is 0 Å². The van der Waals surface area contributed by atoms with Crippen molar-refractivity contribution in [1.29, 1.82) is 0 Å². The molecule has 0 aliphatic carbocycles. The first kappa shape index (κ1) is 14.8. The highest BCUT2D eigenvalue weighted by atomic mass is 35.5. The molecular formula is C14H24ClN3O. The zero-order valence-electron chi connectivity index (χ0n) is 12.0. The molecule has 1 fully saturated rings. The molecule has 2 atom stereocenters. The molecule has 1 saturated heterocycles. The summed E-state index contributed by atoms with van der Waals surface area (Å²) in [7, 11) is 1.91. The van der Waals surface area contributed by atoms with Crippen molar-refractivity contribution in [3.63, 3.8) is 0 Å². The number of hydrogen-bond acceptors (Lipinski definition) is 3. The van der Waals surface area contributed by atoms with Gasteiger partial charge in [0, 0.05) is 25.9 Å². The highest BCUT2D eigenvalue weighted by molar-refractivity contribution is 6.31. The monoisotopic (exact) mass is 285 g/mol. The number of halogens is 1. The van der Waals surface area contributed by atoms with Gasteiger partial charge in [0.15, 0.2) is 0 Å². The lowest BCUT2D eigenvalue weighted by atomic mass is 9.77. The predicted octanol–water partition coefficient (Wildman–Crippen LogP) is 1.93. The molecule has 1 aromatic heterocycles. The Hall–Kier alpha value is -0.580. The normalized spacial score (nSPS) is 27.7. The topological polar surface area (TPSA) is 50.1 Å². The van der Waals surface area contributed by atoms with Crippen LogP contribution in [-0.2, 0) is 19.9 Å². The van der Waals surface area contributed by atoms with E-state index in [1.807, 2.05) is 18.7 Å². The van der Waals surface area contributed by atoms with E-state index in [9.17, 15) is 5.11 Å². The largest absolute Gasteiger partial charge is 0.389 e. The van der Waals surface area contributed by atoms with E-state index in [0.29, 0.717) is 6.42 Å². The summed E-state index contributed by atoms with van der Waals surface area (Å²) in [5.41, 5.74) is 1.22. The second-order valence-electron chi connectivity index (χ2n) is 5.52. The van der Waals surface area contributed by atoms with E-state index in [0.717, 1.165) is 48.8 Å². The van der Waals surface area contributed by atoms with Crippen LogP contribution >= 0.6 is 11.6 Å². The van der Waals surface area contributed by atoms with Crippen LogP contribution in [0.5, 0.6) is 0 Å². The minimum atomic E-state index is -0.664. The average molecular weight is 286 g/mol. The van der Waals surface area contributed by atoms with E-state index in [1.54, 1.807) is 0 Å². The Balaban J connectivity index is 2.26. The fraction of sp³-hybridized carbons (Fsp3) is 0.786. The molecule has 2 rings (SSSR count). The van der Waals surface area contributed by atoms with Crippen LogP contribution in [0, 0.1) is 5.92 Å². The number of aromatic nitrogens is 2. The van der Waals surface area contributed by atoms with Gasteiger partial charge in [-0.2, -0.15) is 5.10 Å². The molecule has 0 bridgehead atoms. The molecule has 19 heavy (non-hydrogen) atoms. The van der Waals surface area contributed by atoms with Crippen LogP contribution in [0.15, 0.2) is 0 Å². The fourth-order valence-corrected chi connectivity index (χ4v) is 3.39. The Morgan fingerprint density at radius 3 is 2.84 bits per heavy atom. The third-order valence-corrected chi connectivity index (χ3v) is 4.79. The number of aliphatic hydroxyl groups is 1. The maximum absolute atomic E-state index is 11.0. The number of nitrogens with zero attached hydrogens (tertiary/aromatic N) is 2. The van der Waals surface area contributed by atoms with E-state index in [4.69, 9.17) is 11.6 Å². The van der Waals surface area contributed by atoms with Gasteiger partial charge in [-0.25, -0.2) is 0 Å². The van der Waals surface area contributed by atoms with Crippen molar-refractivity contribution in [3.8, 4) is 0 Å². The molecule has 1 aromatic rings. The second-order valence-corrected chi connectivity index (χ2v) is 5.90. The number of piperidine rings is 1. The molecule has 0 radical (unpaired) electrons. The van der Waals surface area contributed by atoms with Crippen LogP contribution in [0.2, 0.25) is 5.02 Å². The Morgan fingerprint density at radius 2 is 2.26 bits per heavy atom. The summed E-state index contributed by atoms with van der Waals surface area (Å²) in [6.07, 6.45) is 3.16. The maximum Gasteiger partial charge on any atom is 0.0850 e. The van der Waals surface area contributed by atoms with Gasteiger partial charge in [-0.1, -0.05) is 25.4 Å². The average Bonchev–Trinajstić information content (AvgIpc) is 2.66. The zero-order valence-corrected chi connectivity index (χ0v) is 12.8. The maximum atomic E-state index is 11.0. The number of hydrogen-bond donors (Lipinski definition) is 2. The van der Waals surface area contributed by atoms with Crippen molar-refractivity contribution >= 4 is 11.6 Å². The van der Waals surface area contributed by atoms with E-state index < -0.39 is 5.60 Å². The zero-order chi connectivity index (χ0) is 14.0. The minimum Gasteiger partial charge on any atom is -0.389 e. The molecular weight excluding hydrogens is 262 g/mol. The van der Waals surface area contributed by atoms with Crippen molar-refractivity contribution in [2.24, 2.45) is 13.0 Å². The Kier molecular flexibility index (Phi) is 4.54. The number of rotatable bonds is 4. The second kappa shape index (κ2) is 5.81. The van der Waals surface area contributed by atoms with Crippen LogP contribution in [-0.4, -0.2) is 33.6 Å². The van der Waals surface area contributed by atoms with Gasteiger partial charge in [-0.15, -0.1) is 0 Å². The molecule has 0 amide bonds. The lowest BCUT2D eigenvalue weighted by Crippen LogP contribution is -2.51. The third kappa shape index (κ3) is 2.81. The molecule has 2 heterocycles. The lowest BCUT2D eigenvalue weighted by Gasteiger charge is -2.40. The van der Waals surface area contributed by atoms with Gasteiger partial charge >= 0.3 is 0 Å². The Labute approximate surface area is 120 Å². The molecule has 1 aliphatic heterocycles. The predicted molar refractivity (Wildman–Crippen MR) is 77.5 cm³/mol. The van der Waals surface area contributed by atoms with Gasteiger partial charge in [-0.3, -0.25) is 4.68 Å². The van der Waals surface area contributed by atoms with Crippen LogP contribution in [0.4, 0.5) is 0 Å². The summed E-state index contributed by atoms with van der Waals surface area (Å²) in [5, 5.41) is 19.5.